The number of nitro groups is 1. The third-order valence-corrected chi connectivity index (χ3v) is 5.31. The van der Waals surface area contributed by atoms with Crippen LogP contribution in [0.1, 0.15) is 23.1 Å². The molecule has 0 fully saturated rings. The van der Waals surface area contributed by atoms with Gasteiger partial charge in [0, 0.05) is 42.2 Å². The fraction of sp³-hybridized carbons (Fsp3) is 0.120. The smallest absolute Gasteiger partial charge is 0.304 e. The summed E-state index contributed by atoms with van der Waals surface area (Å²) in [5.41, 5.74) is 4.10. The van der Waals surface area contributed by atoms with Crippen molar-refractivity contribution >= 4 is 40.2 Å². The van der Waals surface area contributed by atoms with Gasteiger partial charge in [-0.05, 0) is 29.3 Å². The molecule has 4 N–H and O–H groups in total. The number of hydrogen-bond donors (Lipinski definition) is 4. The number of aliphatic carboxylic acids is 1. The van der Waals surface area contributed by atoms with Crippen molar-refractivity contribution in [1.82, 2.24) is 5.32 Å². The Bertz CT molecular complexity index is 1290. The van der Waals surface area contributed by atoms with E-state index in [-0.39, 0.29) is 18.0 Å². The van der Waals surface area contributed by atoms with E-state index >= 15 is 0 Å². The zero-order valence-corrected chi connectivity index (χ0v) is 18.1. The Kier molecular flexibility index (Phi) is 6.65. The number of benzene rings is 3. The molecule has 1 amide bonds. The number of nitrogens with zero attached hydrogens (tertiary/aromatic N) is 1. The molecule has 9 heteroatoms. The Hall–Kier alpha value is -4.50. The fourth-order valence-electron chi connectivity index (χ4n) is 3.73. The van der Waals surface area contributed by atoms with Gasteiger partial charge in [-0.25, -0.2) is 0 Å². The van der Waals surface area contributed by atoms with E-state index in [4.69, 9.17) is 5.11 Å². The molecule has 1 aliphatic heterocycles. The number of carboxylic acids is 1. The van der Waals surface area contributed by atoms with Gasteiger partial charge in [0.1, 0.15) is 0 Å². The number of carbonyl (C=O) groups is 2. The molecule has 3 aromatic rings. The standard InChI is InChI=1S/C25H22N4O5/c30-22(31)11-12-26-15-16-5-4-8-18(13-16)27-24(17-6-2-1-3-7-17)23-20-14-19(29(33)34)9-10-21(20)28-25(23)32/h1-10,13-14,26-27H,11-12,15H2,(H,28,32)(H,30,31). The normalized spacial score (nSPS) is 13.7. The molecule has 0 bridgehead atoms. The number of hydrogen-bond acceptors (Lipinski definition) is 6. The van der Waals surface area contributed by atoms with Crippen molar-refractivity contribution in [3.05, 3.63) is 99.6 Å². The molecule has 0 radical (unpaired) electrons. The molecule has 172 valence electrons. The average molecular weight is 458 g/mol. The van der Waals surface area contributed by atoms with Crippen molar-refractivity contribution in [2.24, 2.45) is 0 Å². The van der Waals surface area contributed by atoms with Crippen molar-refractivity contribution in [3.63, 3.8) is 0 Å². The van der Waals surface area contributed by atoms with Gasteiger partial charge in [0.25, 0.3) is 11.6 Å². The lowest BCUT2D eigenvalue weighted by molar-refractivity contribution is -0.384. The largest absolute Gasteiger partial charge is 0.481 e. The number of rotatable bonds is 9. The van der Waals surface area contributed by atoms with Crippen molar-refractivity contribution < 1.29 is 19.6 Å². The highest BCUT2D eigenvalue weighted by Crippen LogP contribution is 2.39. The van der Waals surface area contributed by atoms with Crippen LogP contribution >= 0.6 is 0 Å². The van der Waals surface area contributed by atoms with E-state index in [1.807, 2.05) is 54.6 Å². The zero-order chi connectivity index (χ0) is 24.1. The maximum Gasteiger partial charge on any atom is 0.304 e. The third-order valence-electron chi connectivity index (χ3n) is 5.31. The van der Waals surface area contributed by atoms with Crippen LogP contribution in [0.15, 0.2) is 72.8 Å². The summed E-state index contributed by atoms with van der Waals surface area (Å²) in [5, 5.41) is 29.3. The summed E-state index contributed by atoms with van der Waals surface area (Å²) in [6, 6.07) is 21.1. The van der Waals surface area contributed by atoms with E-state index in [1.54, 1.807) is 0 Å². The molecular formula is C25H22N4O5. The van der Waals surface area contributed by atoms with Gasteiger partial charge < -0.3 is 21.1 Å². The van der Waals surface area contributed by atoms with Gasteiger partial charge in [-0.15, -0.1) is 0 Å². The molecule has 3 aromatic carbocycles. The quantitative estimate of drug-likeness (QED) is 0.164. The molecule has 4 rings (SSSR count). The highest BCUT2D eigenvalue weighted by Gasteiger charge is 2.30. The van der Waals surface area contributed by atoms with Crippen molar-refractivity contribution in [3.8, 4) is 0 Å². The Labute approximate surface area is 195 Å². The number of carboxylic acid groups (broad SMARTS) is 1. The minimum absolute atomic E-state index is 0.0306. The second-order valence-corrected chi connectivity index (χ2v) is 7.70. The van der Waals surface area contributed by atoms with Crippen LogP contribution in [-0.2, 0) is 16.1 Å². The lowest BCUT2D eigenvalue weighted by Gasteiger charge is -2.15. The van der Waals surface area contributed by atoms with Crippen LogP contribution in [0.5, 0.6) is 0 Å². The summed E-state index contributed by atoms with van der Waals surface area (Å²) in [5.74, 6) is -1.22. The van der Waals surface area contributed by atoms with Crippen LogP contribution in [0.4, 0.5) is 17.1 Å². The summed E-state index contributed by atoms with van der Waals surface area (Å²) >= 11 is 0. The SMILES string of the molecule is O=C(O)CCNCc1cccc(NC(=C2C(=O)Nc3ccc([N+](=O)[O-])cc32)c2ccccc2)c1. The van der Waals surface area contributed by atoms with E-state index < -0.39 is 10.9 Å². The predicted octanol–water partition coefficient (Wildman–Crippen LogP) is 4.09. The first-order chi connectivity index (χ1) is 16.4. The number of carbonyl (C=O) groups excluding carboxylic acids is 1. The second-order valence-electron chi connectivity index (χ2n) is 7.70. The van der Waals surface area contributed by atoms with Crippen LogP contribution in [0.2, 0.25) is 0 Å². The van der Waals surface area contributed by atoms with E-state index in [2.05, 4.69) is 16.0 Å². The minimum atomic E-state index is -0.864. The first-order valence-electron chi connectivity index (χ1n) is 10.6. The van der Waals surface area contributed by atoms with Crippen LogP contribution in [0.25, 0.3) is 11.3 Å². The summed E-state index contributed by atoms with van der Waals surface area (Å²) in [6.45, 7) is 0.831. The van der Waals surface area contributed by atoms with Gasteiger partial charge in [-0.1, -0.05) is 42.5 Å². The molecule has 34 heavy (non-hydrogen) atoms. The van der Waals surface area contributed by atoms with Crippen molar-refractivity contribution in [1.29, 1.82) is 0 Å². The Balaban J connectivity index is 1.71. The minimum Gasteiger partial charge on any atom is -0.481 e. The Morgan fingerprint density at radius 1 is 1.03 bits per heavy atom. The molecule has 0 saturated carbocycles. The first-order valence-corrected chi connectivity index (χ1v) is 10.6. The van der Waals surface area contributed by atoms with Crippen LogP contribution in [0.3, 0.4) is 0 Å². The van der Waals surface area contributed by atoms with E-state index in [9.17, 15) is 19.7 Å². The van der Waals surface area contributed by atoms with Gasteiger partial charge in [0.15, 0.2) is 0 Å². The molecule has 1 heterocycles. The lowest BCUT2D eigenvalue weighted by Crippen LogP contribution is -2.17. The topological polar surface area (TPSA) is 134 Å². The molecule has 0 atom stereocenters. The molecular weight excluding hydrogens is 436 g/mol. The lowest BCUT2D eigenvalue weighted by atomic mass is 9.99. The Morgan fingerprint density at radius 2 is 1.82 bits per heavy atom. The molecule has 9 nitrogen and oxygen atoms in total. The summed E-state index contributed by atoms with van der Waals surface area (Å²) in [6.07, 6.45) is 0.0306. The highest BCUT2D eigenvalue weighted by molar-refractivity contribution is 6.37. The molecule has 0 aromatic heterocycles. The number of fused-ring (bicyclic) bond motifs is 1. The van der Waals surface area contributed by atoms with E-state index in [0.717, 1.165) is 16.8 Å². The van der Waals surface area contributed by atoms with Crippen molar-refractivity contribution in [2.45, 2.75) is 13.0 Å². The van der Waals surface area contributed by atoms with Crippen LogP contribution in [0, 0.1) is 10.1 Å². The van der Waals surface area contributed by atoms with Crippen LogP contribution in [-0.4, -0.2) is 28.5 Å². The van der Waals surface area contributed by atoms with Crippen molar-refractivity contribution in [2.75, 3.05) is 17.2 Å². The number of anilines is 2. The Morgan fingerprint density at radius 3 is 2.56 bits per heavy atom. The number of nitrogens with one attached hydrogen (secondary N) is 3. The molecule has 0 aliphatic carbocycles. The second kappa shape index (κ2) is 9.97. The number of nitro benzene ring substituents is 1. The van der Waals surface area contributed by atoms with Gasteiger partial charge in [-0.2, -0.15) is 0 Å². The molecule has 0 unspecified atom stereocenters. The summed E-state index contributed by atoms with van der Waals surface area (Å²) in [7, 11) is 0. The van der Waals surface area contributed by atoms with Gasteiger partial charge in [0.05, 0.1) is 22.6 Å². The van der Waals surface area contributed by atoms with E-state index in [1.165, 1.54) is 18.2 Å². The van der Waals surface area contributed by atoms with E-state index in [0.29, 0.717) is 35.6 Å². The summed E-state index contributed by atoms with van der Waals surface area (Å²) < 4.78 is 0. The first kappa shape index (κ1) is 22.7. The zero-order valence-electron chi connectivity index (χ0n) is 18.1. The maximum atomic E-state index is 13.0. The molecule has 0 saturated heterocycles. The monoisotopic (exact) mass is 458 g/mol. The fourth-order valence-corrected chi connectivity index (χ4v) is 3.73. The summed E-state index contributed by atoms with van der Waals surface area (Å²) in [4.78, 5) is 34.5. The molecule has 1 aliphatic rings. The van der Waals surface area contributed by atoms with Crippen LogP contribution < -0.4 is 16.0 Å². The predicted molar refractivity (Wildman–Crippen MR) is 129 cm³/mol. The third kappa shape index (κ3) is 5.11. The maximum absolute atomic E-state index is 13.0. The molecule has 0 spiro atoms. The highest BCUT2D eigenvalue weighted by atomic mass is 16.6. The van der Waals surface area contributed by atoms with Gasteiger partial charge in [0.2, 0.25) is 0 Å². The average Bonchev–Trinajstić information content (AvgIpc) is 3.15. The number of non-ortho nitro benzene ring substituents is 1. The van der Waals surface area contributed by atoms with Gasteiger partial charge >= 0.3 is 5.97 Å². The number of amides is 1. The van der Waals surface area contributed by atoms with Gasteiger partial charge in [-0.3, -0.25) is 19.7 Å².